The van der Waals surface area contributed by atoms with Gasteiger partial charge in [-0.3, -0.25) is 14.5 Å². The summed E-state index contributed by atoms with van der Waals surface area (Å²) in [6, 6.07) is 8.51. The number of fused-ring (bicyclic) bond motifs is 4. The summed E-state index contributed by atoms with van der Waals surface area (Å²) in [5.41, 5.74) is 0.989. The number of nitrogens with one attached hydrogen (secondary N) is 1. The second-order valence-corrected chi connectivity index (χ2v) is 9.16. The van der Waals surface area contributed by atoms with Crippen LogP contribution in [0.4, 0.5) is 0 Å². The third-order valence-corrected chi connectivity index (χ3v) is 7.19. The fourth-order valence-corrected chi connectivity index (χ4v) is 5.97. The number of para-hydroxylation sites is 1. The number of hydrogen-bond donors (Lipinski definition) is 1. The molecule has 3 saturated heterocycles. The van der Waals surface area contributed by atoms with Gasteiger partial charge in [-0.05, 0) is 43.6 Å². The van der Waals surface area contributed by atoms with E-state index in [4.69, 9.17) is 4.74 Å². The molecule has 2 amide bonds. The molecule has 4 rings (SSSR count). The predicted octanol–water partition coefficient (Wildman–Crippen LogP) is 2.81. The summed E-state index contributed by atoms with van der Waals surface area (Å²) in [6.07, 6.45) is 6.23. The van der Waals surface area contributed by atoms with Crippen LogP contribution in [0.3, 0.4) is 0 Å². The van der Waals surface area contributed by atoms with Gasteiger partial charge in [0.25, 0.3) is 0 Å². The fraction of sp³-hybridized carbons (Fsp3) is 0.667. The SMILES string of the molecule is CCC[C@H]1[C@H]2C[C@H](CN(CC(=O)NCc3ccccc3OC)C2)[C@@H]2CCCC(=O)N21. The minimum absolute atomic E-state index is 0.0597. The van der Waals surface area contributed by atoms with Crippen LogP contribution < -0.4 is 10.1 Å². The van der Waals surface area contributed by atoms with Gasteiger partial charge in [-0.15, -0.1) is 0 Å². The standard InChI is InChI=1S/C24H35N3O3/c1-3-7-20-18-12-19(21-9-6-11-24(29)27(20)21)15-26(14-18)16-23(28)25-13-17-8-4-5-10-22(17)30-2/h4-5,8,10,18-21H,3,6-7,9,11-16H2,1-2H3,(H,25,28)/t18-,19+,20-,21-/m0/s1. The van der Waals surface area contributed by atoms with E-state index in [-0.39, 0.29) is 5.91 Å². The van der Waals surface area contributed by atoms with Gasteiger partial charge >= 0.3 is 0 Å². The molecule has 1 N–H and O–H groups in total. The highest BCUT2D eigenvalue weighted by Crippen LogP contribution is 2.42. The molecule has 0 unspecified atom stereocenters. The van der Waals surface area contributed by atoms with Gasteiger partial charge in [-0.2, -0.15) is 0 Å². The number of likely N-dealkylation sites (tertiary alicyclic amines) is 1. The Morgan fingerprint density at radius 1 is 1.23 bits per heavy atom. The largest absolute Gasteiger partial charge is 0.496 e. The van der Waals surface area contributed by atoms with Crippen molar-refractivity contribution in [2.24, 2.45) is 11.8 Å². The zero-order chi connectivity index (χ0) is 21.1. The second kappa shape index (κ2) is 9.38. The number of rotatable bonds is 7. The maximum absolute atomic E-state index is 12.7. The van der Waals surface area contributed by atoms with Crippen molar-refractivity contribution in [1.29, 1.82) is 0 Å². The smallest absolute Gasteiger partial charge is 0.234 e. The van der Waals surface area contributed by atoms with Crippen LogP contribution in [0.1, 0.15) is 51.0 Å². The Labute approximate surface area is 179 Å². The van der Waals surface area contributed by atoms with Gasteiger partial charge in [0.2, 0.25) is 11.8 Å². The Hall–Kier alpha value is -2.08. The number of piperidine rings is 3. The second-order valence-electron chi connectivity index (χ2n) is 9.16. The minimum atomic E-state index is 0.0597. The lowest BCUT2D eigenvalue weighted by atomic mass is 9.71. The number of carbonyl (C=O) groups is 2. The molecule has 2 bridgehead atoms. The number of hydrogen-bond acceptors (Lipinski definition) is 4. The van der Waals surface area contributed by atoms with Crippen LogP contribution in [0.15, 0.2) is 24.3 Å². The number of amides is 2. The summed E-state index contributed by atoms with van der Waals surface area (Å²) < 4.78 is 5.38. The average molecular weight is 414 g/mol. The highest BCUT2D eigenvalue weighted by Gasteiger charge is 2.48. The molecule has 3 fully saturated rings. The van der Waals surface area contributed by atoms with E-state index in [0.717, 1.165) is 50.1 Å². The number of nitrogens with zero attached hydrogens (tertiary/aromatic N) is 2. The van der Waals surface area contributed by atoms with Crippen molar-refractivity contribution in [2.45, 2.75) is 64.1 Å². The first-order chi connectivity index (χ1) is 14.6. The molecule has 0 aliphatic carbocycles. The number of ether oxygens (including phenoxy) is 1. The maximum atomic E-state index is 12.7. The maximum Gasteiger partial charge on any atom is 0.234 e. The van der Waals surface area contributed by atoms with Crippen molar-refractivity contribution < 1.29 is 14.3 Å². The first kappa shape index (κ1) is 21.2. The molecule has 30 heavy (non-hydrogen) atoms. The van der Waals surface area contributed by atoms with Crippen LogP contribution in [-0.4, -0.2) is 60.4 Å². The van der Waals surface area contributed by atoms with Crippen molar-refractivity contribution in [2.75, 3.05) is 26.7 Å². The Bertz CT molecular complexity index is 768. The van der Waals surface area contributed by atoms with Gasteiger partial charge in [0.15, 0.2) is 0 Å². The molecule has 1 aromatic carbocycles. The summed E-state index contributed by atoms with van der Waals surface area (Å²) in [4.78, 5) is 30.0. The van der Waals surface area contributed by atoms with E-state index in [9.17, 15) is 9.59 Å². The molecule has 0 saturated carbocycles. The topological polar surface area (TPSA) is 61.9 Å². The quantitative estimate of drug-likeness (QED) is 0.747. The minimum Gasteiger partial charge on any atom is -0.496 e. The number of benzene rings is 1. The van der Waals surface area contributed by atoms with E-state index in [1.165, 1.54) is 6.42 Å². The molecule has 3 aliphatic rings. The van der Waals surface area contributed by atoms with Crippen LogP contribution in [0.2, 0.25) is 0 Å². The third-order valence-electron chi connectivity index (χ3n) is 7.19. The molecular formula is C24H35N3O3. The summed E-state index contributed by atoms with van der Waals surface area (Å²) in [6.45, 7) is 4.96. The molecule has 0 spiro atoms. The number of carbonyl (C=O) groups excluding carboxylic acids is 2. The lowest BCUT2D eigenvalue weighted by Gasteiger charge is -2.56. The molecular weight excluding hydrogens is 378 g/mol. The van der Waals surface area contributed by atoms with Crippen molar-refractivity contribution in [3.63, 3.8) is 0 Å². The summed E-state index contributed by atoms with van der Waals surface area (Å²) >= 11 is 0. The number of methoxy groups -OCH3 is 1. The van der Waals surface area contributed by atoms with E-state index in [1.807, 2.05) is 24.3 Å². The van der Waals surface area contributed by atoms with Gasteiger partial charge in [-0.25, -0.2) is 0 Å². The van der Waals surface area contributed by atoms with Gasteiger partial charge in [-0.1, -0.05) is 31.5 Å². The van der Waals surface area contributed by atoms with Crippen molar-refractivity contribution in [3.05, 3.63) is 29.8 Å². The molecule has 1 aromatic rings. The zero-order valence-corrected chi connectivity index (χ0v) is 18.3. The highest BCUT2D eigenvalue weighted by atomic mass is 16.5. The van der Waals surface area contributed by atoms with E-state index < -0.39 is 0 Å². The molecule has 6 nitrogen and oxygen atoms in total. The zero-order valence-electron chi connectivity index (χ0n) is 18.3. The van der Waals surface area contributed by atoms with E-state index >= 15 is 0 Å². The van der Waals surface area contributed by atoms with Crippen molar-refractivity contribution in [3.8, 4) is 5.75 Å². The molecule has 3 heterocycles. The van der Waals surface area contributed by atoms with Crippen LogP contribution in [0.25, 0.3) is 0 Å². The predicted molar refractivity (Wildman–Crippen MR) is 116 cm³/mol. The monoisotopic (exact) mass is 413 g/mol. The summed E-state index contributed by atoms with van der Waals surface area (Å²) in [5.74, 6) is 2.22. The molecule has 4 atom stereocenters. The van der Waals surface area contributed by atoms with Crippen LogP contribution >= 0.6 is 0 Å². The molecule has 164 valence electrons. The van der Waals surface area contributed by atoms with Crippen molar-refractivity contribution >= 4 is 11.8 Å². The average Bonchev–Trinajstić information content (AvgIpc) is 2.75. The van der Waals surface area contributed by atoms with Crippen molar-refractivity contribution in [1.82, 2.24) is 15.1 Å². The van der Waals surface area contributed by atoms with E-state index in [2.05, 4.69) is 22.0 Å². The van der Waals surface area contributed by atoms with Crippen LogP contribution in [0, 0.1) is 11.8 Å². The lowest BCUT2D eigenvalue weighted by Crippen LogP contribution is -2.65. The normalized spacial score (nSPS) is 28.7. The van der Waals surface area contributed by atoms with Gasteiger partial charge in [0.1, 0.15) is 5.75 Å². The first-order valence-corrected chi connectivity index (χ1v) is 11.5. The fourth-order valence-electron chi connectivity index (χ4n) is 5.97. The first-order valence-electron chi connectivity index (χ1n) is 11.5. The molecule has 3 aliphatic heterocycles. The Morgan fingerprint density at radius 3 is 2.83 bits per heavy atom. The Kier molecular flexibility index (Phi) is 6.61. The van der Waals surface area contributed by atoms with Crippen LogP contribution in [0.5, 0.6) is 5.75 Å². The molecule has 0 aromatic heterocycles. The summed E-state index contributed by atoms with van der Waals surface area (Å²) in [7, 11) is 1.65. The Balaban J connectivity index is 1.38. The highest BCUT2D eigenvalue weighted by molar-refractivity contribution is 5.78. The van der Waals surface area contributed by atoms with Gasteiger partial charge < -0.3 is 15.0 Å². The summed E-state index contributed by atoms with van der Waals surface area (Å²) in [5, 5.41) is 3.06. The van der Waals surface area contributed by atoms with Crippen LogP contribution in [-0.2, 0) is 16.1 Å². The third kappa shape index (κ3) is 4.34. The van der Waals surface area contributed by atoms with Gasteiger partial charge in [0.05, 0.1) is 13.7 Å². The molecule has 6 heteroatoms. The van der Waals surface area contributed by atoms with Gasteiger partial charge in [0, 0.05) is 43.7 Å². The molecule has 0 radical (unpaired) electrons. The van der Waals surface area contributed by atoms with E-state index in [0.29, 0.717) is 49.3 Å². The van der Waals surface area contributed by atoms with E-state index in [1.54, 1.807) is 7.11 Å². The lowest BCUT2D eigenvalue weighted by molar-refractivity contribution is -0.154. The Morgan fingerprint density at radius 2 is 2.03 bits per heavy atom.